The molecule has 7 heteroatoms. The summed E-state index contributed by atoms with van der Waals surface area (Å²) in [6.45, 7) is 1.36. The zero-order valence-corrected chi connectivity index (χ0v) is 15.9. The molecule has 0 bridgehead atoms. The number of hydrogen-bond acceptors (Lipinski definition) is 4. The normalized spacial score (nSPS) is 12.5. The molecular weight excluding hydrogens is 360 g/mol. The summed E-state index contributed by atoms with van der Waals surface area (Å²) in [6.07, 6.45) is 0. The van der Waals surface area contributed by atoms with E-state index >= 15 is 0 Å². The molecule has 0 radical (unpaired) electrons. The predicted octanol–water partition coefficient (Wildman–Crippen LogP) is 3.06. The lowest BCUT2D eigenvalue weighted by atomic mass is 10.1. The molecule has 25 heavy (non-hydrogen) atoms. The third kappa shape index (κ3) is 4.74. The highest BCUT2D eigenvalue weighted by atomic mass is 35.5. The van der Waals surface area contributed by atoms with E-state index in [0.717, 1.165) is 5.69 Å². The Bertz CT molecular complexity index is 832. The van der Waals surface area contributed by atoms with Crippen LogP contribution in [0.15, 0.2) is 53.4 Å². The Morgan fingerprint density at radius 1 is 1.08 bits per heavy atom. The van der Waals surface area contributed by atoms with Crippen LogP contribution in [0.1, 0.15) is 17.7 Å². The molecule has 1 atom stereocenters. The van der Waals surface area contributed by atoms with Crippen LogP contribution in [-0.4, -0.2) is 35.0 Å². The van der Waals surface area contributed by atoms with Crippen LogP contribution in [0.5, 0.6) is 0 Å². The Morgan fingerprint density at radius 3 is 2.12 bits per heavy atom. The number of sulfone groups is 1. The number of anilines is 1. The molecule has 0 aliphatic rings. The zero-order chi connectivity index (χ0) is 18.6. The van der Waals surface area contributed by atoms with E-state index in [-0.39, 0.29) is 17.3 Å². The quantitative estimate of drug-likeness (QED) is 0.836. The van der Waals surface area contributed by atoms with E-state index in [1.165, 1.54) is 19.1 Å². The first-order chi connectivity index (χ1) is 11.7. The number of nitrogens with zero attached hydrogens (tertiary/aromatic N) is 1. The molecule has 0 saturated carbocycles. The molecule has 0 heterocycles. The summed E-state index contributed by atoms with van der Waals surface area (Å²) in [7, 11) is 0.135. The largest absolute Gasteiger partial charge is 0.378 e. The van der Waals surface area contributed by atoms with Gasteiger partial charge in [0.15, 0.2) is 9.84 Å². The Hall–Kier alpha value is -2.05. The summed E-state index contributed by atoms with van der Waals surface area (Å²) >= 11 is 5.85. The maximum Gasteiger partial charge on any atom is 0.216 e. The van der Waals surface area contributed by atoms with Crippen molar-refractivity contribution >= 4 is 33.0 Å². The van der Waals surface area contributed by atoms with Crippen molar-refractivity contribution in [3.63, 3.8) is 0 Å². The fourth-order valence-corrected chi connectivity index (χ4v) is 4.21. The van der Waals surface area contributed by atoms with Crippen LogP contribution in [0, 0.1) is 0 Å². The van der Waals surface area contributed by atoms with Crippen LogP contribution >= 0.6 is 11.6 Å². The fraction of sp³-hybridized carbons (Fsp3) is 0.278. The van der Waals surface area contributed by atoms with Gasteiger partial charge in [0.1, 0.15) is 5.25 Å². The standard InChI is InChI=1S/C18H21ClN2O3S/c1-13(22)20-12-18(14-4-8-16(9-5-14)21(2)3)25(23,24)17-10-6-15(19)7-11-17/h4-11,18H,12H2,1-3H3,(H,20,22)/t18-/m1/s1. The van der Waals surface area contributed by atoms with Gasteiger partial charge in [0.2, 0.25) is 5.91 Å². The third-order valence-corrected chi connectivity index (χ3v) is 6.20. The maximum atomic E-state index is 13.1. The Kier molecular flexibility index (Phi) is 6.08. The second-order valence-electron chi connectivity index (χ2n) is 5.91. The van der Waals surface area contributed by atoms with Gasteiger partial charge in [-0.2, -0.15) is 0 Å². The Labute approximate surface area is 153 Å². The lowest BCUT2D eigenvalue weighted by Crippen LogP contribution is -2.30. The van der Waals surface area contributed by atoms with Gasteiger partial charge in [-0.1, -0.05) is 23.7 Å². The van der Waals surface area contributed by atoms with E-state index in [4.69, 9.17) is 11.6 Å². The maximum absolute atomic E-state index is 13.1. The zero-order valence-electron chi connectivity index (χ0n) is 14.4. The summed E-state index contributed by atoms with van der Waals surface area (Å²) < 4.78 is 26.1. The fourth-order valence-electron chi connectivity index (χ4n) is 2.42. The number of carbonyl (C=O) groups excluding carboxylic acids is 1. The van der Waals surface area contributed by atoms with Crippen LogP contribution in [0.2, 0.25) is 5.02 Å². The number of amides is 1. The molecule has 5 nitrogen and oxygen atoms in total. The SMILES string of the molecule is CC(=O)NC[C@H](c1ccc(N(C)C)cc1)S(=O)(=O)c1ccc(Cl)cc1. The number of halogens is 1. The van der Waals surface area contributed by atoms with E-state index in [9.17, 15) is 13.2 Å². The molecule has 2 aromatic rings. The number of rotatable bonds is 6. The van der Waals surface area contributed by atoms with Crippen LogP contribution < -0.4 is 10.2 Å². The van der Waals surface area contributed by atoms with Crippen molar-refractivity contribution in [1.29, 1.82) is 0 Å². The second-order valence-corrected chi connectivity index (χ2v) is 8.48. The van der Waals surface area contributed by atoms with Crippen molar-refractivity contribution in [2.24, 2.45) is 0 Å². The van der Waals surface area contributed by atoms with Gasteiger partial charge in [0.25, 0.3) is 0 Å². The third-order valence-electron chi connectivity index (χ3n) is 3.83. The van der Waals surface area contributed by atoms with Crippen molar-refractivity contribution in [2.45, 2.75) is 17.1 Å². The van der Waals surface area contributed by atoms with Crippen molar-refractivity contribution in [1.82, 2.24) is 5.32 Å². The molecule has 0 spiro atoms. The van der Waals surface area contributed by atoms with Crippen LogP contribution in [0.3, 0.4) is 0 Å². The Balaban J connectivity index is 2.44. The molecule has 1 amide bonds. The minimum Gasteiger partial charge on any atom is -0.378 e. The van der Waals surface area contributed by atoms with Crippen molar-refractivity contribution in [3.05, 3.63) is 59.1 Å². The molecule has 0 fully saturated rings. The summed E-state index contributed by atoms with van der Waals surface area (Å²) in [5.74, 6) is -0.277. The smallest absolute Gasteiger partial charge is 0.216 e. The predicted molar refractivity (Wildman–Crippen MR) is 101 cm³/mol. The van der Waals surface area contributed by atoms with Crippen molar-refractivity contribution in [2.75, 3.05) is 25.5 Å². The molecule has 1 N–H and O–H groups in total. The monoisotopic (exact) mass is 380 g/mol. The average Bonchev–Trinajstić information content (AvgIpc) is 2.55. The summed E-state index contributed by atoms with van der Waals surface area (Å²) in [4.78, 5) is 13.4. The van der Waals surface area contributed by atoms with Crippen molar-refractivity contribution < 1.29 is 13.2 Å². The van der Waals surface area contributed by atoms with Crippen LogP contribution in [0.25, 0.3) is 0 Å². The lowest BCUT2D eigenvalue weighted by Gasteiger charge is -2.20. The minimum absolute atomic E-state index is 0.00159. The number of carbonyl (C=O) groups is 1. The number of benzene rings is 2. The van der Waals surface area contributed by atoms with Gasteiger partial charge in [-0.25, -0.2) is 8.42 Å². The second kappa shape index (κ2) is 7.89. The molecule has 0 aliphatic heterocycles. The van der Waals surface area contributed by atoms with E-state index in [1.54, 1.807) is 24.3 Å². The summed E-state index contributed by atoms with van der Waals surface area (Å²) in [5.41, 5.74) is 1.58. The molecule has 134 valence electrons. The van der Waals surface area contributed by atoms with Gasteiger partial charge >= 0.3 is 0 Å². The lowest BCUT2D eigenvalue weighted by molar-refractivity contribution is -0.118. The van der Waals surface area contributed by atoms with E-state index < -0.39 is 15.1 Å². The van der Waals surface area contributed by atoms with E-state index in [1.807, 2.05) is 31.1 Å². The topological polar surface area (TPSA) is 66.5 Å². The van der Waals surface area contributed by atoms with Gasteiger partial charge in [0, 0.05) is 38.3 Å². The first kappa shape index (κ1) is 19.3. The molecular formula is C18H21ClN2O3S. The molecule has 0 unspecified atom stereocenters. The molecule has 0 aromatic heterocycles. The minimum atomic E-state index is -3.69. The highest BCUT2D eigenvalue weighted by Crippen LogP contribution is 2.30. The highest BCUT2D eigenvalue weighted by Gasteiger charge is 2.29. The van der Waals surface area contributed by atoms with E-state index in [0.29, 0.717) is 10.6 Å². The summed E-state index contributed by atoms with van der Waals surface area (Å²) in [6, 6.07) is 13.3. The highest BCUT2D eigenvalue weighted by molar-refractivity contribution is 7.91. The van der Waals surface area contributed by atoms with Gasteiger partial charge < -0.3 is 10.2 Å². The number of nitrogens with one attached hydrogen (secondary N) is 1. The van der Waals surface area contributed by atoms with Gasteiger partial charge in [-0.3, -0.25) is 4.79 Å². The average molecular weight is 381 g/mol. The van der Waals surface area contributed by atoms with E-state index in [2.05, 4.69) is 5.32 Å². The first-order valence-electron chi connectivity index (χ1n) is 7.73. The van der Waals surface area contributed by atoms with Crippen LogP contribution in [0.4, 0.5) is 5.69 Å². The Morgan fingerprint density at radius 2 is 1.64 bits per heavy atom. The van der Waals surface area contributed by atoms with Gasteiger partial charge in [0.05, 0.1) is 4.90 Å². The first-order valence-corrected chi connectivity index (χ1v) is 9.65. The summed E-state index contributed by atoms with van der Waals surface area (Å²) in [5, 5.41) is 2.20. The van der Waals surface area contributed by atoms with Crippen LogP contribution in [-0.2, 0) is 14.6 Å². The molecule has 0 saturated heterocycles. The molecule has 0 aliphatic carbocycles. The van der Waals surface area contributed by atoms with Gasteiger partial charge in [-0.05, 0) is 42.0 Å². The van der Waals surface area contributed by atoms with Gasteiger partial charge in [-0.15, -0.1) is 0 Å². The molecule has 2 rings (SSSR count). The molecule has 2 aromatic carbocycles. The van der Waals surface area contributed by atoms with Crippen molar-refractivity contribution in [3.8, 4) is 0 Å². The number of hydrogen-bond donors (Lipinski definition) is 1.